The second kappa shape index (κ2) is 6.18. The van der Waals surface area contributed by atoms with E-state index in [0.29, 0.717) is 14.6 Å². The molecule has 9 heteroatoms. The zero-order chi connectivity index (χ0) is 15.6. The zero-order valence-electron chi connectivity index (χ0n) is 10.6. The highest BCUT2D eigenvalue weighted by Crippen LogP contribution is 2.34. The summed E-state index contributed by atoms with van der Waals surface area (Å²) in [4.78, 5) is 6.90. The molecule has 2 rings (SSSR count). The maximum atomic E-state index is 12.8. The summed E-state index contributed by atoms with van der Waals surface area (Å²) in [7, 11) is 1.49. The fraction of sp³-hybridized carbons (Fsp3) is 0.167. The van der Waals surface area contributed by atoms with Crippen molar-refractivity contribution in [1.82, 2.24) is 9.97 Å². The van der Waals surface area contributed by atoms with Crippen LogP contribution in [0.3, 0.4) is 0 Å². The molecule has 0 fully saturated rings. The lowest BCUT2D eigenvalue weighted by atomic mass is 10.3. The number of benzene rings is 1. The van der Waals surface area contributed by atoms with Crippen molar-refractivity contribution in [1.29, 1.82) is 0 Å². The standard InChI is InChI=1S/C12H9Br2F3N4/c1-18-8-5-9(21-11(20-8)12(15,16)17)19-10-6(13)3-2-4-7(10)14/h2-5H,1H3,(H2,18,19,20,21). The highest BCUT2D eigenvalue weighted by Gasteiger charge is 2.35. The summed E-state index contributed by atoms with van der Waals surface area (Å²) in [6.07, 6.45) is -4.62. The molecule has 0 atom stereocenters. The lowest BCUT2D eigenvalue weighted by Crippen LogP contribution is -2.13. The number of aromatic nitrogens is 2. The van der Waals surface area contributed by atoms with Crippen molar-refractivity contribution in [2.45, 2.75) is 6.18 Å². The minimum absolute atomic E-state index is 0.0364. The summed E-state index contributed by atoms with van der Waals surface area (Å²) in [6, 6.07) is 6.70. The summed E-state index contributed by atoms with van der Waals surface area (Å²) < 4.78 is 39.7. The Hall–Kier alpha value is -1.35. The van der Waals surface area contributed by atoms with Crippen molar-refractivity contribution in [3.63, 3.8) is 0 Å². The van der Waals surface area contributed by atoms with Gasteiger partial charge >= 0.3 is 6.18 Å². The Bertz CT molecular complexity index is 641. The van der Waals surface area contributed by atoms with Crippen LogP contribution in [0.25, 0.3) is 0 Å². The molecule has 4 nitrogen and oxygen atoms in total. The molecule has 1 aromatic carbocycles. The summed E-state index contributed by atoms with van der Waals surface area (Å²) in [5.41, 5.74) is 0.575. The van der Waals surface area contributed by atoms with E-state index >= 15 is 0 Å². The van der Waals surface area contributed by atoms with Gasteiger partial charge in [-0.15, -0.1) is 0 Å². The van der Waals surface area contributed by atoms with Crippen LogP contribution in [0.15, 0.2) is 33.2 Å². The van der Waals surface area contributed by atoms with Gasteiger partial charge in [-0.25, -0.2) is 9.97 Å². The molecule has 2 N–H and O–H groups in total. The summed E-state index contributed by atoms with van der Waals surface area (Å²) in [5, 5.41) is 5.42. The number of alkyl halides is 3. The third-order valence-corrected chi connectivity index (χ3v) is 3.77. The molecule has 112 valence electrons. The van der Waals surface area contributed by atoms with E-state index in [4.69, 9.17) is 0 Å². The predicted molar refractivity (Wildman–Crippen MR) is 81.7 cm³/mol. The van der Waals surface area contributed by atoms with Crippen LogP contribution >= 0.6 is 31.9 Å². The summed E-state index contributed by atoms with van der Waals surface area (Å²) in [5.74, 6) is -1.10. The normalized spacial score (nSPS) is 11.3. The minimum Gasteiger partial charge on any atom is -0.373 e. The van der Waals surface area contributed by atoms with E-state index < -0.39 is 12.0 Å². The van der Waals surface area contributed by atoms with Crippen LogP contribution < -0.4 is 10.6 Å². The van der Waals surface area contributed by atoms with Gasteiger partial charge < -0.3 is 10.6 Å². The quantitative estimate of drug-likeness (QED) is 0.741. The van der Waals surface area contributed by atoms with Crippen LogP contribution in [-0.2, 0) is 6.18 Å². The topological polar surface area (TPSA) is 49.8 Å². The highest BCUT2D eigenvalue weighted by molar-refractivity contribution is 9.11. The van der Waals surface area contributed by atoms with Crippen LogP contribution in [0.5, 0.6) is 0 Å². The predicted octanol–water partition coefficient (Wildman–Crippen LogP) is 4.81. The van der Waals surface area contributed by atoms with Crippen molar-refractivity contribution in [2.75, 3.05) is 17.7 Å². The van der Waals surface area contributed by atoms with Crippen molar-refractivity contribution in [3.8, 4) is 0 Å². The number of nitrogens with zero attached hydrogens (tertiary/aromatic N) is 2. The molecule has 0 aliphatic rings. The van der Waals surface area contributed by atoms with E-state index in [-0.39, 0.29) is 11.6 Å². The Labute approximate surface area is 135 Å². The fourth-order valence-electron chi connectivity index (χ4n) is 1.51. The molecule has 21 heavy (non-hydrogen) atoms. The van der Waals surface area contributed by atoms with E-state index in [9.17, 15) is 13.2 Å². The van der Waals surface area contributed by atoms with Crippen LogP contribution in [0.4, 0.5) is 30.5 Å². The third-order valence-electron chi connectivity index (χ3n) is 2.45. The third kappa shape index (κ3) is 3.85. The second-order valence-electron chi connectivity index (χ2n) is 3.93. The molecule has 1 aromatic heterocycles. The molecule has 0 amide bonds. The number of hydrogen-bond donors (Lipinski definition) is 2. The molecule has 0 saturated carbocycles. The molecule has 0 bridgehead atoms. The zero-order valence-corrected chi connectivity index (χ0v) is 13.8. The maximum Gasteiger partial charge on any atom is 0.451 e. The SMILES string of the molecule is CNc1cc(Nc2c(Br)cccc2Br)nc(C(F)(F)F)n1. The first kappa shape index (κ1) is 16.0. The maximum absolute atomic E-state index is 12.8. The average Bonchev–Trinajstić information content (AvgIpc) is 2.42. The first-order chi connectivity index (χ1) is 9.81. The molecule has 0 spiro atoms. The second-order valence-corrected chi connectivity index (χ2v) is 5.64. The van der Waals surface area contributed by atoms with Crippen LogP contribution in [-0.4, -0.2) is 17.0 Å². The molecule has 0 aliphatic heterocycles. The number of anilines is 3. The van der Waals surface area contributed by atoms with Gasteiger partial charge in [-0.05, 0) is 44.0 Å². The van der Waals surface area contributed by atoms with Gasteiger partial charge in [0, 0.05) is 22.1 Å². The summed E-state index contributed by atoms with van der Waals surface area (Å²) in [6.45, 7) is 0. The van der Waals surface area contributed by atoms with Gasteiger partial charge in [0.25, 0.3) is 0 Å². The molecular formula is C12H9Br2F3N4. The molecular weight excluding hydrogens is 417 g/mol. The number of para-hydroxylation sites is 1. The largest absolute Gasteiger partial charge is 0.451 e. The van der Waals surface area contributed by atoms with Crippen LogP contribution in [0, 0.1) is 0 Å². The highest BCUT2D eigenvalue weighted by atomic mass is 79.9. The Morgan fingerprint density at radius 3 is 2.14 bits per heavy atom. The Balaban J connectivity index is 2.45. The van der Waals surface area contributed by atoms with Crippen LogP contribution in [0.1, 0.15) is 5.82 Å². The van der Waals surface area contributed by atoms with Crippen molar-refractivity contribution >= 4 is 49.2 Å². The monoisotopic (exact) mass is 424 g/mol. The van der Waals surface area contributed by atoms with E-state index in [1.807, 2.05) is 0 Å². The van der Waals surface area contributed by atoms with E-state index in [1.165, 1.54) is 13.1 Å². The van der Waals surface area contributed by atoms with Crippen molar-refractivity contribution < 1.29 is 13.2 Å². The molecule has 0 unspecified atom stereocenters. The molecule has 1 heterocycles. The first-order valence-electron chi connectivity index (χ1n) is 5.66. The Morgan fingerprint density at radius 2 is 1.62 bits per heavy atom. The Morgan fingerprint density at radius 1 is 1.05 bits per heavy atom. The van der Waals surface area contributed by atoms with E-state index in [2.05, 4.69) is 52.5 Å². The molecule has 0 aliphatic carbocycles. The Kier molecular flexibility index (Phi) is 4.72. The first-order valence-corrected chi connectivity index (χ1v) is 7.25. The summed E-state index contributed by atoms with van der Waals surface area (Å²) >= 11 is 6.65. The molecule has 0 saturated heterocycles. The number of rotatable bonds is 3. The van der Waals surface area contributed by atoms with Gasteiger partial charge in [-0.3, -0.25) is 0 Å². The van der Waals surface area contributed by atoms with E-state index in [0.717, 1.165) is 0 Å². The lowest BCUT2D eigenvalue weighted by Gasteiger charge is -2.13. The average molecular weight is 426 g/mol. The van der Waals surface area contributed by atoms with Gasteiger partial charge in [0.2, 0.25) is 5.82 Å². The van der Waals surface area contributed by atoms with Gasteiger partial charge in [-0.1, -0.05) is 6.07 Å². The van der Waals surface area contributed by atoms with Gasteiger partial charge in [-0.2, -0.15) is 13.2 Å². The molecule has 0 radical (unpaired) electrons. The van der Waals surface area contributed by atoms with E-state index in [1.54, 1.807) is 18.2 Å². The van der Waals surface area contributed by atoms with Gasteiger partial charge in [0.05, 0.1) is 5.69 Å². The van der Waals surface area contributed by atoms with Crippen LogP contribution in [0.2, 0.25) is 0 Å². The fourth-order valence-corrected chi connectivity index (χ4v) is 2.71. The lowest BCUT2D eigenvalue weighted by molar-refractivity contribution is -0.144. The van der Waals surface area contributed by atoms with Gasteiger partial charge in [0.15, 0.2) is 0 Å². The number of halogens is 5. The minimum atomic E-state index is -4.62. The molecule has 2 aromatic rings. The van der Waals surface area contributed by atoms with Crippen molar-refractivity contribution in [2.24, 2.45) is 0 Å². The van der Waals surface area contributed by atoms with Gasteiger partial charge in [0.1, 0.15) is 11.6 Å². The van der Waals surface area contributed by atoms with Crippen molar-refractivity contribution in [3.05, 3.63) is 39.0 Å². The smallest absolute Gasteiger partial charge is 0.373 e. The number of hydrogen-bond acceptors (Lipinski definition) is 4. The number of nitrogens with one attached hydrogen (secondary N) is 2.